The van der Waals surface area contributed by atoms with Crippen molar-refractivity contribution in [1.82, 2.24) is 4.72 Å². The molecular weight excluding hydrogens is 317 g/mol. The Balaban J connectivity index is 1.92. The first-order chi connectivity index (χ1) is 10.8. The zero-order valence-corrected chi connectivity index (χ0v) is 13.9. The van der Waals surface area contributed by atoms with Crippen molar-refractivity contribution < 1.29 is 17.5 Å². The van der Waals surface area contributed by atoms with Crippen molar-refractivity contribution in [2.45, 2.75) is 32.2 Å². The van der Waals surface area contributed by atoms with Gasteiger partial charge in [0.05, 0.1) is 11.9 Å². The lowest BCUT2D eigenvalue weighted by molar-refractivity contribution is 0.242. The molecule has 4 nitrogen and oxygen atoms in total. The van der Waals surface area contributed by atoms with E-state index in [2.05, 4.69) is 4.72 Å². The lowest BCUT2D eigenvalue weighted by Gasteiger charge is -2.11. The van der Waals surface area contributed by atoms with Crippen LogP contribution in [0.1, 0.15) is 25.0 Å². The van der Waals surface area contributed by atoms with Gasteiger partial charge in [0, 0.05) is 6.54 Å². The second kappa shape index (κ2) is 7.57. The zero-order chi connectivity index (χ0) is 16.9. The number of hydrogen-bond donors (Lipinski definition) is 1. The van der Waals surface area contributed by atoms with Crippen molar-refractivity contribution in [3.63, 3.8) is 0 Å². The van der Waals surface area contributed by atoms with Crippen LogP contribution < -0.4 is 9.46 Å². The third-order valence-electron chi connectivity index (χ3n) is 3.06. The second-order valence-corrected chi connectivity index (χ2v) is 7.32. The predicted octanol–water partition coefficient (Wildman–Crippen LogP) is 3.23. The van der Waals surface area contributed by atoms with E-state index in [4.69, 9.17) is 4.74 Å². The quantitative estimate of drug-likeness (QED) is 0.844. The second-order valence-electron chi connectivity index (χ2n) is 5.52. The smallest absolute Gasteiger partial charge is 0.216 e. The molecule has 0 bridgehead atoms. The highest BCUT2D eigenvalue weighted by Crippen LogP contribution is 2.14. The van der Waals surface area contributed by atoms with E-state index in [1.54, 1.807) is 0 Å². The molecule has 2 rings (SSSR count). The van der Waals surface area contributed by atoms with Crippen LogP contribution in [0.5, 0.6) is 5.75 Å². The van der Waals surface area contributed by atoms with Crippen molar-refractivity contribution in [3.05, 3.63) is 65.5 Å². The molecule has 0 atom stereocenters. The van der Waals surface area contributed by atoms with Gasteiger partial charge >= 0.3 is 0 Å². The number of hydrogen-bond acceptors (Lipinski definition) is 3. The van der Waals surface area contributed by atoms with Crippen molar-refractivity contribution in [1.29, 1.82) is 0 Å². The first-order valence-corrected chi connectivity index (χ1v) is 8.97. The number of nitrogens with one attached hydrogen (secondary N) is 1. The van der Waals surface area contributed by atoms with Crippen LogP contribution in [0, 0.1) is 5.82 Å². The predicted molar refractivity (Wildman–Crippen MR) is 88.1 cm³/mol. The summed E-state index contributed by atoms with van der Waals surface area (Å²) < 4.78 is 45.0. The van der Waals surface area contributed by atoms with E-state index in [1.807, 2.05) is 38.1 Å². The van der Waals surface area contributed by atoms with E-state index in [9.17, 15) is 12.8 Å². The van der Waals surface area contributed by atoms with Gasteiger partial charge in [-0.25, -0.2) is 17.5 Å². The number of halogens is 1. The Kier molecular flexibility index (Phi) is 5.74. The molecule has 0 fully saturated rings. The molecule has 0 aliphatic heterocycles. The number of ether oxygens (including phenoxy) is 1. The van der Waals surface area contributed by atoms with Crippen molar-refractivity contribution in [2.75, 3.05) is 0 Å². The third-order valence-corrected chi connectivity index (χ3v) is 4.36. The maximum Gasteiger partial charge on any atom is 0.216 e. The Hall–Kier alpha value is -1.92. The summed E-state index contributed by atoms with van der Waals surface area (Å²) in [6.07, 6.45) is 0.0926. The molecule has 2 aromatic carbocycles. The standard InChI is InChI=1S/C17H20FNO3S/c1-13(2)22-17-9-5-14(6-10-17)11-19-23(20,21)12-15-3-7-16(18)8-4-15/h3-10,13,19H,11-12H2,1-2H3. The number of benzene rings is 2. The molecule has 0 spiro atoms. The van der Waals surface area contributed by atoms with Crippen LogP contribution in [0.4, 0.5) is 4.39 Å². The number of sulfonamides is 1. The molecule has 0 amide bonds. The van der Waals surface area contributed by atoms with Crippen LogP contribution in [0.25, 0.3) is 0 Å². The Bertz CT molecular complexity index is 725. The summed E-state index contributed by atoms with van der Waals surface area (Å²) >= 11 is 0. The van der Waals surface area contributed by atoms with Crippen LogP contribution in [-0.2, 0) is 22.3 Å². The molecular formula is C17H20FNO3S. The molecule has 0 radical (unpaired) electrons. The van der Waals surface area contributed by atoms with E-state index in [1.165, 1.54) is 24.3 Å². The maximum atomic E-state index is 12.8. The summed E-state index contributed by atoms with van der Waals surface area (Å²) in [7, 11) is -3.48. The van der Waals surface area contributed by atoms with Crippen molar-refractivity contribution >= 4 is 10.0 Å². The Morgan fingerprint density at radius 3 is 2.13 bits per heavy atom. The third kappa shape index (κ3) is 6.00. The molecule has 0 saturated carbocycles. The van der Waals surface area contributed by atoms with Gasteiger partial charge in [0.1, 0.15) is 11.6 Å². The minimum Gasteiger partial charge on any atom is -0.491 e. The molecule has 0 unspecified atom stereocenters. The van der Waals surface area contributed by atoms with Gasteiger partial charge in [-0.3, -0.25) is 0 Å². The van der Waals surface area contributed by atoms with Crippen LogP contribution in [0.2, 0.25) is 0 Å². The van der Waals surface area contributed by atoms with E-state index in [-0.39, 0.29) is 24.2 Å². The van der Waals surface area contributed by atoms with E-state index < -0.39 is 10.0 Å². The average molecular weight is 337 g/mol. The molecule has 0 aliphatic rings. The Morgan fingerprint density at radius 1 is 1.00 bits per heavy atom. The lowest BCUT2D eigenvalue weighted by atomic mass is 10.2. The summed E-state index contributed by atoms with van der Waals surface area (Å²) in [5, 5.41) is 0. The minimum atomic E-state index is -3.48. The van der Waals surface area contributed by atoms with Crippen molar-refractivity contribution in [3.8, 4) is 5.75 Å². The molecule has 6 heteroatoms. The van der Waals surface area contributed by atoms with E-state index in [0.29, 0.717) is 5.56 Å². The van der Waals surface area contributed by atoms with Crippen LogP contribution in [0.3, 0.4) is 0 Å². The largest absolute Gasteiger partial charge is 0.491 e. The highest BCUT2D eigenvalue weighted by Gasteiger charge is 2.11. The van der Waals surface area contributed by atoms with Gasteiger partial charge in [-0.15, -0.1) is 0 Å². The van der Waals surface area contributed by atoms with Gasteiger partial charge in [0.2, 0.25) is 10.0 Å². The Morgan fingerprint density at radius 2 is 1.57 bits per heavy atom. The van der Waals surface area contributed by atoms with Gasteiger partial charge in [0.25, 0.3) is 0 Å². The molecule has 124 valence electrons. The fourth-order valence-electron chi connectivity index (χ4n) is 2.00. The average Bonchev–Trinajstić information content (AvgIpc) is 2.48. The zero-order valence-electron chi connectivity index (χ0n) is 13.1. The molecule has 0 aromatic heterocycles. The molecule has 23 heavy (non-hydrogen) atoms. The van der Waals surface area contributed by atoms with Crippen LogP contribution in [-0.4, -0.2) is 14.5 Å². The number of rotatable bonds is 7. The summed E-state index contributed by atoms with van der Waals surface area (Å²) in [5.74, 6) is 0.183. The Labute approximate surface area is 136 Å². The van der Waals surface area contributed by atoms with Crippen LogP contribution in [0.15, 0.2) is 48.5 Å². The minimum absolute atomic E-state index is 0.0926. The van der Waals surface area contributed by atoms with Gasteiger partial charge < -0.3 is 4.74 Å². The monoisotopic (exact) mass is 337 g/mol. The first kappa shape index (κ1) is 17.4. The van der Waals surface area contributed by atoms with Crippen LogP contribution >= 0.6 is 0 Å². The summed E-state index contributed by atoms with van der Waals surface area (Å²) in [4.78, 5) is 0. The van der Waals surface area contributed by atoms with Gasteiger partial charge in [-0.2, -0.15) is 0 Å². The van der Waals surface area contributed by atoms with Gasteiger partial charge in [-0.05, 0) is 49.2 Å². The van der Waals surface area contributed by atoms with E-state index >= 15 is 0 Å². The molecule has 0 heterocycles. The normalized spacial score (nSPS) is 11.7. The fraction of sp³-hybridized carbons (Fsp3) is 0.294. The van der Waals surface area contributed by atoms with Gasteiger partial charge in [0.15, 0.2) is 0 Å². The van der Waals surface area contributed by atoms with Crippen molar-refractivity contribution in [2.24, 2.45) is 0 Å². The topological polar surface area (TPSA) is 55.4 Å². The SMILES string of the molecule is CC(C)Oc1ccc(CNS(=O)(=O)Cc2ccc(F)cc2)cc1. The summed E-state index contributed by atoms with van der Waals surface area (Å²) in [6, 6.07) is 12.7. The highest BCUT2D eigenvalue weighted by atomic mass is 32.2. The first-order valence-electron chi connectivity index (χ1n) is 7.31. The molecule has 1 N–H and O–H groups in total. The lowest BCUT2D eigenvalue weighted by Crippen LogP contribution is -2.24. The molecule has 2 aromatic rings. The molecule has 0 saturated heterocycles. The maximum absolute atomic E-state index is 12.8. The fourth-order valence-corrected chi connectivity index (χ4v) is 3.12. The van der Waals surface area contributed by atoms with E-state index in [0.717, 1.165) is 11.3 Å². The summed E-state index contributed by atoms with van der Waals surface area (Å²) in [6.45, 7) is 4.08. The van der Waals surface area contributed by atoms with Gasteiger partial charge in [-0.1, -0.05) is 24.3 Å². The molecule has 0 aliphatic carbocycles. The highest BCUT2D eigenvalue weighted by molar-refractivity contribution is 7.88. The summed E-state index contributed by atoms with van der Waals surface area (Å²) in [5.41, 5.74) is 1.38.